The molecule has 2 aromatic carbocycles. The van der Waals surface area contributed by atoms with E-state index >= 15 is 0 Å². The average Bonchev–Trinajstić information content (AvgIpc) is 3.25. The van der Waals surface area contributed by atoms with E-state index in [9.17, 15) is 9.18 Å². The van der Waals surface area contributed by atoms with Crippen molar-refractivity contribution in [3.8, 4) is 11.3 Å². The number of hydrogen-bond donors (Lipinski definition) is 1. The number of rotatable bonds is 4. The lowest BCUT2D eigenvalue weighted by Crippen LogP contribution is -2.13. The van der Waals surface area contributed by atoms with Gasteiger partial charge in [-0.3, -0.25) is 9.20 Å². The summed E-state index contributed by atoms with van der Waals surface area (Å²) >= 11 is 1.47. The normalized spacial score (nSPS) is 11.0. The molecule has 6 heteroatoms. The summed E-state index contributed by atoms with van der Waals surface area (Å²) in [7, 11) is 0. The molecule has 1 N–H and O–H groups in total. The van der Waals surface area contributed by atoms with Crippen molar-refractivity contribution in [1.29, 1.82) is 0 Å². The molecule has 26 heavy (non-hydrogen) atoms. The molecule has 0 fully saturated rings. The van der Waals surface area contributed by atoms with Gasteiger partial charge in [0.2, 0.25) is 0 Å². The molecule has 0 atom stereocenters. The third kappa shape index (κ3) is 2.99. The maximum Gasteiger partial charge on any atom is 0.256 e. The zero-order valence-corrected chi connectivity index (χ0v) is 14.9. The maximum atomic E-state index is 13.2. The number of amides is 1. The number of nitrogens with zero attached hydrogens (tertiary/aromatic N) is 2. The summed E-state index contributed by atoms with van der Waals surface area (Å²) in [5.74, 6) is 0.0674. The van der Waals surface area contributed by atoms with Crippen LogP contribution in [0.4, 0.5) is 10.2 Å². The summed E-state index contributed by atoms with van der Waals surface area (Å²) in [6.07, 6.45) is 2.78. The van der Waals surface area contributed by atoms with Gasteiger partial charge in [-0.1, -0.05) is 19.1 Å². The van der Waals surface area contributed by atoms with E-state index in [1.54, 1.807) is 12.1 Å². The Morgan fingerprint density at radius 1 is 1.15 bits per heavy atom. The SMILES string of the molecule is CCc1ccc(C(=O)Nc2c(-c3ccc(F)cc3)nc3sccn23)cc1. The Hall–Kier alpha value is -2.99. The lowest BCUT2D eigenvalue weighted by atomic mass is 10.1. The third-order valence-corrected chi connectivity index (χ3v) is 4.99. The fraction of sp³-hybridized carbons (Fsp3) is 0.100. The highest BCUT2D eigenvalue weighted by atomic mass is 32.1. The number of aryl methyl sites for hydroxylation is 1. The molecule has 0 spiro atoms. The summed E-state index contributed by atoms with van der Waals surface area (Å²) in [5, 5.41) is 4.87. The van der Waals surface area contributed by atoms with Gasteiger partial charge in [0.1, 0.15) is 17.3 Å². The van der Waals surface area contributed by atoms with Crippen LogP contribution in [-0.2, 0) is 6.42 Å². The number of fused-ring (bicyclic) bond motifs is 1. The predicted octanol–water partition coefficient (Wildman–Crippen LogP) is 5.02. The van der Waals surface area contributed by atoms with Gasteiger partial charge in [-0.25, -0.2) is 9.37 Å². The van der Waals surface area contributed by atoms with E-state index in [0.717, 1.165) is 16.9 Å². The van der Waals surface area contributed by atoms with Crippen LogP contribution in [0.5, 0.6) is 0 Å². The van der Waals surface area contributed by atoms with E-state index in [2.05, 4.69) is 17.2 Å². The number of hydrogen-bond acceptors (Lipinski definition) is 3. The molecule has 4 rings (SSSR count). The second-order valence-corrected chi connectivity index (χ2v) is 6.75. The van der Waals surface area contributed by atoms with E-state index in [-0.39, 0.29) is 11.7 Å². The van der Waals surface area contributed by atoms with Crippen molar-refractivity contribution in [2.75, 3.05) is 5.32 Å². The van der Waals surface area contributed by atoms with Crippen molar-refractivity contribution in [3.05, 3.63) is 77.1 Å². The second-order valence-electron chi connectivity index (χ2n) is 5.88. The van der Waals surface area contributed by atoms with Gasteiger partial charge in [0.15, 0.2) is 4.96 Å². The standard InChI is InChI=1S/C20H16FN3OS/c1-2-13-3-5-15(6-4-13)19(25)23-18-17(14-7-9-16(21)10-8-14)22-20-24(18)11-12-26-20/h3-12H,2H2,1H3,(H,23,25). The Morgan fingerprint density at radius 3 is 2.58 bits per heavy atom. The molecule has 4 nitrogen and oxygen atoms in total. The van der Waals surface area contributed by atoms with Gasteiger partial charge >= 0.3 is 0 Å². The lowest BCUT2D eigenvalue weighted by Gasteiger charge is -2.08. The molecule has 2 heterocycles. The number of aromatic nitrogens is 2. The first-order chi connectivity index (χ1) is 12.7. The first-order valence-corrected chi connectivity index (χ1v) is 9.15. The number of imidazole rings is 1. The minimum Gasteiger partial charge on any atom is -0.306 e. The number of thiazole rings is 1. The molecule has 4 aromatic rings. The quantitative estimate of drug-likeness (QED) is 0.552. The van der Waals surface area contributed by atoms with Crippen LogP contribution in [0.25, 0.3) is 16.2 Å². The molecule has 2 aromatic heterocycles. The number of carbonyl (C=O) groups excluding carboxylic acids is 1. The van der Waals surface area contributed by atoms with Crippen molar-refractivity contribution in [2.24, 2.45) is 0 Å². The number of benzene rings is 2. The van der Waals surface area contributed by atoms with Gasteiger partial charge in [0, 0.05) is 22.7 Å². The molecule has 0 unspecified atom stereocenters. The number of halogens is 1. The van der Waals surface area contributed by atoms with Crippen LogP contribution in [0, 0.1) is 5.82 Å². The summed E-state index contributed by atoms with van der Waals surface area (Å²) in [5.41, 5.74) is 3.13. The molecule has 0 radical (unpaired) electrons. The van der Waals surface area contributed by atoms with Gasteiger partial charge in [-0.15, -0.1) is 11.3 Å². The number of anilines is 1. The van der Waals surface area contributed by atoms with E-state index in [4.69, 9.17) is 0 Å². The summed E-state index contributed by atoms with van der Waals surface area (Å²) < 4.78 is 15.1. The maximum absolute atomic E-state index is 13.2. The van der Waals surface area contributed by atoms with Gasteiger partial charge in [0.05, 0.1) is 0 Å². The molecular formula is C20H16FN3OS. The molecule has 0 aliphatic heterocycles. The molecule has 0 saturated carbocycles. The van der Waals surface area contributed by atoms with Crippen molar-refractivity contribution in [1.82, 2.24) is 9.38 Å². The molecular weight excluding hydrogens is 349 g/mol. The van der Waals surface area contributed by atoms with Crippen LogP contribution in [0.1, 0.15) is 22.8 Å². The predicted molar refractivity (Wildman–Crippen MR) is 102 cm³/mol. The lowest BCUT2D eigenvalue weighted by molar-refractivity contribution is 0.102. The van der Waals surface area contributed by atoms with Gasteiger partial charge in [0.25, 0.3) is 5.91 Å². The van der Waals surface area contributed by atoms with Gasteiger partial charge in [-0.2, -0.15) is 0 Å². The fourth-order valence-electron chi connectivity index (χ4n) is 2.79. The van der Waals surface area contributed by atoms with Crippen LogP contribution >= 0.6 is 11.3 Å². The van der Waals surface area contributed by atoms with Gasteiger partial charge < -0.3 is 5.32 Å². The Morgan fingerprint density at radius 2 is 1.88 bits per heavy atom. The van der Waals surface area contributed by atoms with Crippen molar-refractivity contribution in [2.45, 2.75) is 13.3 Å². The van der Waals surface area contributed by atoms with Crippen LogP contribution in [0.15, 0.2) is 60.1 Å². The van der Waals surface area contributed by atoms with Crippen LogP contribution in [0.3, 0.4) is 0 Å². The molecule has 0 aliphatic carbocycles. The number of carbonyl (C=O) groups is 1. The summed E-state index contributed by atoms with van der Waals surface area (Å²) in [6, 6.07) is 13.6. The van der Waals surface area contributed by atoms with E-state index < -0.39 is 0 Å². The first kappa shape index (κ1) is 16.5. The van der Waals surface area contributed by atoms with Crippen molar-refractivity contribution >= 4 is 28.0 Å². The zero-order valence-electron chi connectivity index (χ0n) is 14.1. The van der Waals surface area contributed by atoms with E-state index in [1.165, 1.54) is 29.0 Å². The largest absolute Gasteiger partial charge is 0.306 e. The third-order valence-electron chi connectivity index (χ3n) is 4.24. The summed E-state index contributed by atoms with van der Waals surface area (Å²) in [6.45, 7) is 2.07. The zero-order chi connectivity index (χ0) is 18.1. The Labute approximate surface area is 153 Å². The van der Waals surface area contributed by atoms with E-state index in [0.29, 0.717) is 17.1 Å². The van der Waals surface area contributed by atoms with Crippen LogP contribution < -0.4 is 5.32 Å². The fourth-order valence-corrected chi connectivity index (χ4v) is 3.50. The highest BCUT2D eigenvalue weighted by Crippen LogP contribution is 2.31. The molecule has 0 saturated heterocycles. The monoisotopic (exact) mass is 365 g/mol. The molecule has 0 bridgehead atoms. The minimum atomic E-state index is -0.309. The topological polar surface area (TPSA) is 46.4 Å². The van der Waals surface area contributed by atoms with Crippen molar-refractivity contribution in [3.63, 3.8) is 0 Å². The van der Waals surface area contributed by atoms with E-state index in [1.807, 2.05) is 40.2 Å². The Kier molecular flexibility index (Phi) is 4.26. The molecule has 0 aliphatic rings. The van der Waals surface area contributed by atoms with Crippen LogP contribution in [-0.4, -0.2) is 15.3 Å². The average molecular weight is 365 g/mol. The number of nitrogens with one attached hydrogen (secondary N) is 1. The molecule has 130 valence electrons. The highest BCUT2D eigenvalue weighted by molar-refractivity contribution is 7.15. The summed E-state index contributed by atoms with van der Waals surface area (Å²) in [4.78, 5) is 18.1. The smallest absolute Gasteiger partial charge is 0.256 e. The Balaban J connectivity index is 1.72. The minimum absolute atomic E-state index is 0.205. The first-order valence-electron chi connectivity index (χ1n) is 8.27. The highest BCUT2D eigenvalue weighted by Gasteiger charge is 2.18. The van der Waals surface area contributed by atoms with Crippen LogP contribution in [0.2, 0.25) is 0 Å². The van der Waals surface area contributed by atoms with Gasteiger partial charge in [-0.05, 0) is 48.4 Å². The Bertz CT molecular complexity index is 1060. The second kappa shape index (κ2) is 6.72. The molecule has 1 amide bonds. The van der Waals surface area contributed by atoms with Crippen molar-refractivity contribution < 1.29 is 9.18 Å².